The zero-order valence-electron chi connectivity index (χ0n) is 16.6. The van der Waals surface area contributed by atoms with Crippen LogP contribution in [0.25, 0.3) is 0 Å². The number of rotatable bonds is 5. The molecule has 1 aliphatic rings. The molecule has 3 rings (SSSR count). The molecule has 1 aromatic carbocycles. The number of anilines is 2. The Kier molecular flexibility index (Phi) is 6.39. The van der Waals surface area contributed by atoms with Crippen LogP contribution in [0.1, 0.15) is 45.1 Å². The minimum Gasteiger partial charge on any atom is -0.369 e. The first-order valence-electron chi connectivity index (χ1n) is 9.75. The zero-order chi connectivity index (χ0) is 20.3. The second-order valence-electron chi connectivity index (χ2n) is 7.80. The van der Waals surface area contributed by atoms with Gasteiger partial charge in [0.1, 0.15) is 11.6 Å². The molecule has 0 aliphatic carbocycles. The van der Waals surface area contributed by atoms with Crippen LogP contribution in [0.4, 0.5) is 11.4 Å². The van der Waals surface area contributed by atoms with Gasteiger partial charge in [0.2, 0.25) is 5.91 Å². The molecule has 6 nitrogen and oxygen atoms in total. The fourth-order valence-corrected chi connectivity index (χ4v) is 3.62. The van der Waals surface area contributed by atoms with Crippen LogP contribution in [-0.2, 0) is 11.3 Å². The normalized spacial score (nSPS) is 15.1. The Bertz CT molecular complexity index is 902. The van der Waals surface area contributed by atoms with Crippen LogP contribution in [0.2, 0.25) is 5.02 Å². The number of amides is 1. The van der Waals surface area contributed by atoms with Crippen molar-refractivity contribution in [3.8, 4) is 0 Å². The Hall–Kier alpha value is -2.34. The van der Waals surface area contributed by atoms with E-state index in [4.69, 9.17) is 11.6 Å². The maximum absolute atomic E-state index is 12.6. The SMILES string of the molecule is CC1CCN(c2cnn(CC(=O)Nc3cccc(C(C)C)c3)c(=O)c2Cl)CC1. The molecule has 1 fully saturated rings. The van der Waals surface area contributed by atoms with Crippen LogP contribution in [0.15, 0.2) is 35.3 Å². The van der Waals surface area contributed by atoms with E-state index in [1.807, 2.05) is 24.3 Å². The van der Waals surface area contributed by atoms with Gasteiger partial charge in [0.15, 0.2) is 0 Å². The van der Waals surface area contributed by atoms with E-state index in [1.165, 1.54) is 0 Å². The van der Waals surface area contributed by atoms with Crippen molar-refractivity contribution in [3.05, 3.63) is 51.4 Å². The molecule has 0 saturated carbocycles. The van der Waals surface area contributed by atoms with Crippen LogP contribution in [0.3, 0.4) is 0 Å². The van der Waals surface area contributed by atoms with E-state index >= 15 is 0 Å². The lowest BCUT2D eigenvalue weighted by Gasteiger charge is -2.32. The van der Waals surface area contributed by atoms with E-state index in [-0.39, 0.29) is 17.5 Å². The number of hydrogen-bond donors (Lipinski definition) is 1. The molecule has 0 spiro atoms. The first kappa shape index (κ1) is 20.4. The number of benzene rings is 1. The average molecular weight is 403 g/mol. The van der Waals surface area contributed by atoms with Crippen LogP contribution < -0.4 is 15.8 Å². The zero-order valence-corrected chi connectivity index (χ0v) is 17.4. The summed E-state index contributed by atoms with van der Waals surface area (Å²) in [7, 11) is 0. The highest BCUT2D eigenvalue weighted by atomic mass is 35.5. The summed E-state index contributed by atoms with van der Waals surface area (Å²) in [5, 5.41) is 7.13. The van der Waals surface area contributed by atoms with Crippen molar-refractivity contribution in [1.29, 1.82) is 0 Å². The van der Waals surface area contributed by atoms with Crippen molar-refractivity contribution in [2.24, 2.45) is 5.92 Å². The number of aromatic nitrogens is 2. The van der Waals surface area contributed by atoms with Gasteiger partial charge in [-0.3, -0.25) is 9.59 Å². The molecule has 2 aromatic rings. The Labute approximate surface area is 170 Å². The predicted octanol–water partition coefficient (Wildman–Crippen LogP) is 3.90. The summed E-state index contributed by atoms with van der Waals surface area (Å²) < 4.78 is 1.11. The van der Waals surface area contributed by atoms with Crippen molar-refractivity contribution < 1.29 is 4.79 Å². The molecule has 1 N–H and O–H groups in total. The molecule has 1 aromatic heterocycles. The summed E-state index contributed by atoms with van der Waals surface area (Å²) >= 11 is 6.32. The average Bonchev–Trinajstić information content (AvgIpc) is 2.67. The molecule has 150 valence electrons. The highest BCUT2D eigenvalue weighted by Crippen LogP contribution is 2.26. The van der Waals surface area contributed by atoms with Crippen molar-refractivity contribution in [3.63, 3.8) is 0 Å². The van der Waals surface area contributed by atoms with Crippen LogP contribution in [0, 0.1) is 5.92 Å². The number of nitrogens with one attached hydrogen (secondary N) is 1. The van der Waals surface area contributed by atoms with Crippen molar-refractivity contribution in [2.45, 2.75) is 46.1 Å². The minimum absolute atomic E-state index is 0.124. The lowest BCUT2D eigenvalue weighted by atomic mass is 9.99. The molecular weight excluding hydrogens is 376 g/mol. The predicted molar refractivity (Wildman–Crippen MR) is 113 cm³/mol. The molecule has 0 radical (unpaired) electrons. The maximum atomic E-state index is 12.6. The lowest BCUT2D eigenvalue weighted by molar-refractivity contribution is -0.117. The van der Waals surface area contributed by atoms with E-state index < -0.39 is 5.56 Å². The summed E-state index contributed by atoms with van der Waals surface area (Å²) in [6.07, 6.45) is 3.72. The molecule has 1 aliphatic heterocycles. The Morgan fingerprint density at radius 1 is 1.32 bits per heavy atom. The van der Waals surface area contributed by atoms with Crippen LogP contribution in [0.5, 0.6) is 0 Å². The third-order valence-electron chi connectivity index (χ3n) is 5.22. The monoisotopic (exact) mass is 402 g/mol. The minimum atomic E-state index is -0.441. The van der Waals surface area contributed by atoms with Gasteiger partial charge in [0, 0.05) is 18.8 Å². The van der Waals surface area contributed by atoms with Crippen LogP contribution >= 0.6 is 11.6 Å². The van der Waals surface area contributed by atoms with E-state index in [1.54, 1.807) is 6.20 Å². The van der Waals surface area contributed by atoms with Gasteiger partial charge in [-0.2, -0.15) is 5.10 Å². The summed E-state index contributed by atoms with van der Waals surface area (Å²) in [4.78, 5) is 27.1. The van der Waals surface area contributed by atoms with Crippen molar-refractivity contribution >= 4 is 28.9 Å². The molecule has 0 bridgehead atoms. The van der Waals surface area contributed by atoms with Crippen molar-refractivity contribution in [2.75, 3.05) is 23.3 Å². The number of carbonyl (C=O) groups excluding carboxylic acids is 1. The first-order chi connectivity index (χ1) is 13.3. The molecule has 1 amide bonds. The second kappa shape index (κ2) is 8.78. The van der Waals surface area contributed by atoms with Gasteiger partial charge >= 0.3 is 0 Å². The smallest absolute Gasteiger partial charge is 0.288 e. The fraction of sp³-hybridized carbons (Fsp3) is 0.476. The highest BCUT2D eigenvalue weighted by Gasteiger charge is 2.21. The molecule has 28 heavy (non-hydrogen) atoms. The molecule has 0 unspecified atom stereocenters. The third-order valence-corrected chi connectivity index (χ3v) is 5.58. The second-order valence-corrected chi connectivity index (χ2v) is 8.18. The van der Waals surface area contributed by atoms with E-state index in [0.717, 1.165) is 36.2 Å². The van der Waals surface area contributed by atoms with Gasteiger partial charge in [-0.05, 0) is 42.4 Å². The van der Waals surface area contributed by atoms with Gasteiger partial charge in [0.05, 0.1) is 11.9 Å². The van der Waals surface area contributed by atoms with E-state index in [9.17, 15) is 9.59 Å². The standard InChI is InChI=1S/C21H27ClN4O2/c1-14(2)16-5-4-6-17(11-16)24-19(27)13-26-21(28)20(22)18(12-23-26)25-9-7-15(3)8-10-25/h4-6,11-12,14-15H,7-10,13H2,1-3H3,(H,24,27). The third kappa shape index (κ3) is 4.73. The van der Waals surface area contributed by atoms with Gasteiger partial charge in [-0.25, -0.2) is 4.68 Å². The van der Waals surface area contributed by atoms with E-state index in [0.29, 0.717) is 23.2 Å². The summed E-state index contributed by atoms with van der Waals surface area (Å²) in [6.45, 7) is 7.96. The number of halogens is 1. The van der Waals surface area contributed by atoms with Crippen LogP contribution in [-0.4, -0.2) is 28.8 Å². The van der Waals surface area contributed by atoms with Gasteiger partial charge in [-0.15, -0.1) is 0 Å². The molecule has 7 heteroatoms. The van der Waals surface area contributed by atoms with Crippen molar-refractivity contribution in [1.82, 2.24) is 9.78 Å². The Morgan fingerprint density at radius 2 is 2.04 bits per heavy atom. The topological polar surface area (TPSA) is 67.2 Å². The van der Waals surface area contributed by atoms with Gasteiger partial charge in [-0.1, -0.05) is 44.5 Å². The van der Waals surface area contributed by atoms with E-state index in [2.05, 4.69) is 36.1 Å². The molecule has 2 heterocycles. The Morgan fingerprint density at radius 3 is 2.71 bits per heavy atom. The summed E-state index contributed by atoms with van der Waals surface area (Å²) in [5.74, 6) is 0.734. The largest absolute Gasteiger partial charge is 0.369 e. The quantitative estimate of drug-likeness (QED) is 0.823. The number of nitrogens with zero attached hydrogens (tertiary/aromatic N) is 3. The summed E-state index contributed by atoms with van der Waals surface area (Å²) in [6, 6.07) is 7.69. The molecular formula is C21H27ClN4O2. The Balaban J connectivity index is 1.70. The fourth-order valence-electron chi connectivity index (χ4n) is 3.35. The number of carbonyl (C=O) groups is 1. The molecule has 1 saturated heterocycles. The number of hydrogen-bond acceptors (Lipinski definition) is 4. The lowest BCUT2D eigenvalue weighted by Crippen LogP contribution is -2.36. The van der Waals surface area contributed by atoms with Gasteiger partial charge < -0.3 is 10.2 Å². The number of piperidine rings is 1. The molecule has 0 atom stereocenters. The highest BCUT2D eigenvalue weighted by molar-refractivity contribution is 6.33. The van der Waals surface area contributed by atoms with Gasteiger partial charge in [0.25, 0.3) is 5.56 Å². The maximum Gasteiger partial charge on any atom is 0.288 e. The summed E-state index contributed by atoms with van der Waals surface area (Å²) in [5.41, 5.74) is 2.05. The first-order valence-corrected chi connectivity index (χ1v) is 10.1.